The fourth-order valence-electron chi connectivity index (χ4n) is 1.36. The van der Waals surface area contributed by atoms with E-state index in [-0.39, 0.29) is 0 Å². The summed E-state index contributed by atoms with van der Waals surface area (Å²) in [5.74, 6) is 0.422. The molecule has 0 bridgehead atoms. The number of aromatic nitrogens is 2. The molecular formula is C9H7BrN2O. The van der Waals surface area contributed by atoms with Crippen molar-refractivity contribution in [2.45, 2.75) is 6.92 Å². The first-order chi connectivity index (χ1) is 6.24. The van der Waals surface area contributed by atoms with E-state index in [0.717, 1.165) is 17.4 Å². The van der Waals surface area contributed by atoms with Gasteiger partial charge in [0.15, 0.2) is 12.1 Å². The molecule has 0 radical (unpaired) electrons. The van der Waals surface area contributed by atoms with Gasteiger partial charge in [0.05, 0.1) is 5.52 Å². The number of halogens is 1. The summed E-state index contributed by atoms with van der Waals surface area (Å²) in [4.78, 5) is 14.7. The normalized spacial score (nSPS) is 10.6. The molecule has 0 N–H and O–H groups in total. The summed E-state index contributed by atoms with van der Waals surface area (Å²) in [7, 11) is 0. The molecule has 2 aromatic heterocycles. The third-order valence-electron chi connectivity index (χ3n) is 1.96. The smallest absolute Gasteiger partial charge is 0.185 e. The number of rotatable bonds is 1. The third kappa shape index (κ3) is 1.18. The summed E-state index contributed by atoms with van der Waals surface area (Å²) in [5, 5.41) is 0. The number of aryl methyl sites for hydroxylation is 1. The van der Waals surface area contributed by atoms with E-state index < -0.39 is 0 Å². The van der Waals surface area contributed by atoms with E-state index in [4.69, 9.17) is 0 Å². The summed E-state index contributed by atoms with van der Waals surface area (Å²) >= 11 is 3.32. The second-order valence-electron chi connectivity index (χ2n) is 2.79. The number of aldehydes is 1. The number of nitrogens with zero attached hydrogens (tertiary/aromatic N) is 2. The minimum atomic E-state index is 0.422. The summed E-state index contributed by atoms with van der Waals surface area (Å²) in [6.45, 7) is 1.98. The number of imidazole rings is 1. The summed E-state index contributed by atoms with van der Waals surface area (Å²) in [6.07, 6.45) is 2.57. The molecule has 0 saturated carbocycles. The van der Waals surface area contributed by atoms with E-state index >= 15 is 0 Å². The molecule has 0 amide bonds. The van der Waals surface area contributed by atoms with Crippen LogP contribution in [-0.4, -0.2) is 15.7 Å². The minimum Gasteiger partial charge on any atom is -0.296 e. The highest BCUT2D eigenvalue weighted by Gasteiger charge is 2.08. The van der Waals surface area contributed by atoms with E-state index in [9.17, 15) is 4.79 Å². The van der Waals surface area contributed by atoms with Crippen LogP contribution in [0, 0.1) is 6.92 Å². The van der Waals surface area contributed by atoms with Gasteiger partial charge in [-0.3, -0.25) is 9.20 Å². The molecule has 0 aromatic carbocycles. The number of carbonyl (C=O) groups excluding carboxylic acids is 1. The Morgan fingerprint density at radius 2 is 2.38 bits per heavy atom. The molecule has 0 spiro atoms. The van der Waals surface area contributed by atoms with Crippen molar-refractivity contribution >= 4 is 27.7 Å². The van der Waals surface area contributed by atoms with Gasteiger partial charge in [-0.1, -0.05) is 6.07 Å². The van der Waals surface area contributed by atoms with Crippen LogP contribution in [0.2, 0.25) is 0 Å². The average Bonchev–Trinajstić information content (AvgIpc) is 2.44. The second-order valence-corrected chi connectivity index (χ2v) is 3.54. The Kier molecular flexibility index (Phi) is 1.92. The number of carbonyl (C=O) groups is 1. The monoisotopic (exact) mass is 238 g/mol. The van der Waals surface area contributed by atoms with Gasteiger partial charge in [-0.05, 0) is 34.5 Å². The summed E-state index contributed by atoms with van der Waals surface area (Å²) in [6, 6.07) is 3.87. The molecule has 66 valence electrons. The van der Waals surface area contributed by atoms with Gasteiger partial charge in [-0.25, -0.2) is 4.98 Å². The van der Waals surface area contributed by atoms with Crippen molar-refractivity contribution in [3.8, 4) is 0 Å². The first kappa shape index (κ1) is 8.44. The number of pyridine rings is 1. The molecule has 4 heteroatoms. The zero-order chi connectivity index (χ0) is 9.42. The Balaban J connectivity index is 2.95. The molecule has 2 aromatic rings. The van der Waals surface area contributed by atoms with Crippen molar-refractivity contribution in [3.05, 3.63) is 34.3 Å². The van der Waals surface area contributed by atoms with Crippen LogP contribution in [0.15, 0.2) is 22.9 Å². The molecule has 0 aliphatic heterocycles. The molecule has 0 atom stereocenters. The van der Waals surface area contributed by atoms with Gasteiger partial charge in [0.2, 0.25) is 0 Å². The highest BCUT2D eigenvalue weighted by molar-refractivity contribution is 9.10. The van der Waals surface area contributed by atoms with Crippen molar-refractivity contribution in [2.24, 2.45) is 0 Å². The van der Waals surface area contributed by atoms with Gasteiger partial charge in [0.25, 0.3) is 0 Å². The largest absolute Gasteiger partial charge is 0.296 e. The maximum absolute atomic E-state index is 10.6. The van der Waals surface area contributed by atoms with Crippen LogP contribution in [0.1, 0.15) is 16.2 Å². The number of hydrogen-bond donors (Lipinski definition) is 0. The lowest BCUT2D eigenvalue weighted by Crippen LogP contribution is -1.91. The van der Waals surface area contributed by atoms with Crippen LogP contribution in [0.25, 0.3) is 5.52 Å². The predicted octanol–water partition coefficient (Wildman–Crippen LogP) is 2.22. The van der Waals surface area contributed by atoms with Gasteiger partial charge in [0, 0.05) is 6.20 Å². The third-order valence-corrected chi connectivity index (χ3v) is 2.51. The fourth-order valence-corrected chi connectivity index (χ4v) is 2.05. The molecule has 0 saturated heterocycles. The summed E-state index contributed by atoms with van der Waals surface area (Å²) < 4.78 is 2.49. The van der Waals surface area contributed by atoms with Crippen molar-refractivity contribution in [1.82, 2.24) is 9.38 Å². The minimum absolute atomic E-state index is 0.422. The molecule has 13 heavy (non-hydrogen) atoms. The molecule has 0 aliphatic carbocycles. The fraction of sp³-hybridized carbons (Fsp3) is 0.111. The van der Waals surface area contributed by atoms with Crippen LogP contribution in [-0.2, 0) is 0 Å². The lowest BCUT2D eigenvalue weighted by atomic mass is 10.3. The van der Waals surface area contributed by atoms with E-state index in [1.54, 1.807) is 4.40 Å². The van der Waals surface area contributed by atoms with Crippen molar-refractivity contribution < 1.29 is 4.79 Å². The molecule has 0 fully saturated rings. The first-order valence-corrected chi connectivity index (χ1v) is 4.61. The zero-order valence-corrected chi connectivity index (χ0v) is 8.58. The van der Waals surface area contributed by atoms with E-state index in [1.807, 2.05) is 25.3 Å². The maximum atomic E-state index is 10.6. The van der Waals surface area contributed by atoms with Gasteiger partial charge in [-0.2, -0.15) is 0 Å². The molecule has 3 nitrogen and oxygen atoms in total. The first-order valence-electron chi connectivity index (χ1n) is 3.82. The SMILES string of the molecule is Cc1cccn2c(C=O)nc(Br)c12. The van der Waals surface area contributed by atoms with Crippen molar-refractivity contribution in [1.29, 1.82) is 0 Å². The Morgan fingerprint density at radius 3 is 3.08 bits per heavy atom. The van der Waals surface area contributed by atoms with E-state index in [0.29, 0.717) is 10.4 Å². The topological polar surface area (TPSA) is 34.4 Å². The number of hydrogen-bond acceptors (Lipinski definition) is 2. The second kappa shape index (κ2) is 2.96. The van der Waals surface area contributed by atoms with Crippen LogP contribution in [0.5, 0.6) is 0 Å². The standard InChI is InChI=1S/C9H7BrN2O/c1-6-3-2-4-12-7(5-13)11-9(10)8(6)12/h2-5H,1H3. The molecule has 2 heterocycles. The van der Waals surface area contributed by atoms with Gasteiger partial charge in [-0.15, -0.1) is 0 Å². The van der Waals surface area contributed by atoms with Crippen molar-refractivity contribution in [3.63, 3.8) is 0 Å². The average molecular weight is 239 g/mol. The highest BCUT2D eigenvalue weighted by Crippen LogP contribution is 2.21. The Bertz CT molecular complexity index is 476. The van der Waals surface area contributed by atoms with Crippen LogP contribution in [0.4, 0.5) is 0 Å². The van der Waals surface area contributed by atoms with Crippen molar-refractivity contribution in [2.75, 3.05) is 0 Å². The number of fused-ring (bicyclic) bond motifs is 1. The Morgan fingerprint density at radius 1 is 1.62 bits per heavy atom. The van der Waals surface area contributed by atoms with Gasteiger partial charge >= 0.3 is 0 Å². The van der Waals surface area contributed by atoms with Gasteiger partial charge < -0.3 is 0 Å². The highest BCUT2D eigenvalue weighted by atomic mass is 79.9. The molecule has 0 aliphatic rings. The molecule has 2 rings (SSSR count). The lowest BCUT2D eigenvalue weighted by Gasteiger charge is -1.97. The Labute approximate surface area is 83.5 Å². The zero-order valence-electron chi connectivity index (χ0n) is 6.99. The quantitative estimate of drug-likeness (QED) is 0.715. The summed E-state index contributed by atoms with van der Waals surface area (Å²) in [5.41, 5.74) is 2.04. The van der Waals surface area contributed by atoms with E-state index in [2.05, 4.69) is 20.9 Å². The van der Waals surface area contributed by atoms with Crippen LogP contribution >= 0.6 is 15.9 Å². The van der Waals surface area contributed by atoms with E-state index in [1.165, 1.54) is 0 Å². The molecule has 0 unspecified atom stereocenters. The van der Waals surface area contributed by atoms with Crippen LogP contribution < -0.4 is 0 Å². The Hall–Kier alpha value is -1.16. The van der Waals surface area contributed by atoms with Gasteiger partial charge in [0.1, 0.15) is 4.60 Å². The lowest BCUT2D eigenvalue weighted by molar-refractivity contribution is 0.111. The predicted molar refractivity (Wildman–Crippen MR) is 53.0 cm³/mol. The maximum Gasteiger partial charge on any atom is 0.185 e. The van der Waals surface area contributed by atoms with Crippen LogP contribution in [0.3, 0.4) is 0 Å². The molecular weight excluding hydrogens is 232 g/mol.